The van der Waals surface area contributed by atoms with Gasteiger partial charge in [-0.2, -0.15) is 0 Å². The van der Waals surface area contributed by atoms with Gasteiger partial charge < -0.3 is 4.57 Å². The van der Waals surface area contributed by atoms with Gasteiger partial charge in [0.15, 0.2) is 0 Å². The Bertz CT molecular complexity index is 1470. The van der Waals surface area contributed by atoms with Crippen LogP contribution < -0.4 is 0 Å². The monoisotopic (exact) mass is 515 g/mol. The van der Waals surface area contributed by atoms with Crippen molar-refractivity contribution in [2.45, 2.75) is 19.3 Å². The summed E-state index contributed by atoms with van der Waals surface area (Å²) in [6.07, 6.45) is 0. The Kier molecular flexibility index (Phi) is 3.88. The molecule has 0 aliphatic heterocycles. The number of para-hydroxylation sites is 2. The van der Waals surface area contributed by atoms with Crippen LogP contribution in [0.2, 0.25) is 0 Å². The summed E-state index contributed by atoms with van der Waals surface area (Å²) in [7, 11) is 0. The van der Waals surface area contributed by atoms with Crippen molar-refractivity contribution in [2.75, 3.05) is 0 Å². The third-order valence-corrected chi connectivity index (χ3v) is 7.82. The summed E-state index contributed by atoms with van der Waals surface area (Å²) >= 11 is 7.59. The molecule has 0 atom stereocenters. The van der Waals surface area contributed by atoms with E-state index in [1.807, 2.05) is 0 Å². The average Bonchev–Trinajstić information content (AvgIpc) is 3.17. The molecule has 1 aliphatic rings. The van der Waals surface area contributed by atoms with E-state index in [0.717, 1.165) is 14.6 Å². The first-order chi connectivity index (χ1) is 14.5. The summed E-state index contributed by atoms with van der Waals surface area (Å²) in [5.41, 5.74) is 9.09. The summed E-state index contributed by atoms with van der Waals surface area (Å²) in [6, 6.07) is 28.6. The topological polar surface area (TPSA) is 4.93 Å². The van der Waals surface area contributed by atoms with Crippen LogP contribution in [0.1, 0.15) is 25.0 Å². The second-order valence-corrected chi connectivity index (χ2v) is 10.2. The first kappa shape index (κ1) is 18.4. The van der Waals surface area contributed by atoms with Gasteiger partial charge in [-0.1, -0.05) is 62.4 Å². The maximum absolute atomic E-state index is 3.80. The molecule has 5 aromatic rings. The largest absolute Gasteiger partial charge is 0.307 e. The zero-order valence-corrected chi connectivity index (χ0v) is 19.9. The van der Waals surface area contributed by atoms with Crippen LogP contribution in [0.4, 0.5) is 0 Å². The number of fused-ring (bicyclic) bond motifs is 6. The Morgan fingerprint density at radius 1 is 0.633 bits per heavy atom. The normalized spacial score (nSPS) is 14.3. The van der Waals surface area contributed by atoms with E-state index < -0.39 is 0 Å². The van der Waals surface area contributed by atoms with Crippen LogP contribution in [0.3, 0.4) is 0 Å². The number of benzene rings is 4. The predicted molar refractivity (Wildman–Crippen MR) is 134 cm³/mol. The lowest BCUT2D eigenvalue weighted by atomic mass is 9.82. The summed E-state index contributed by atoms with van der Waals surface area (Å²) < 4.78 is 4.53. The second kappa shape index (κ2) is 6.32. The number of rotatable bonds is 1. The van der Waals surface area contributed by atoms with Crippen molar-refractivity contribution in [2.24, 2.45) is 0 Å². The van der Waals surface area contributed by atoms with Crippen molar-refractivity contribution in [1.29, 1.82) is 0 Å². The van der Waals surface area contributed by atoms with Gasteiger partial charge in [-0.25, -0.2) is 0 Å². The van der Waals surface area contributed by atoms with Crippen LogP contribution >= 0.6 is 31.9 Å². The second-order valence-electron chi connectivity index (χ2n) is 8.51. The lowest BCUT2D eigenvalue weighted by Gasteiger charge is -2.22. The highest BCUT2D eigenvalue weighted by molar-refractivity contribution is 9.11. The lowest BCUT2D eigenvalue weighted by molar-refractivity contribution is 0.661. The lowest BCUT2D eigenvalue weighted by Crippen LogP contribution is -2.15. The number of halogens is 2. The standard InChI is InChI=1S/C27H19Br2N/c1-27(2)20-10-5-3-8-16(20)18-14-19-17-9-4-6-13-24(17)30(25(19)15-21(18)27)26-22(28)11-7-12-23(26)29/h3-15H,1-2H3. The van der Waals surface area contributed by atoms with Gasteiger partial charge >= 0.3 is 0 Å². The van der Waals surface area contributed by atoms with Gasteiger partial charge in [0.25, 0.3) is 0 Å². The summed E-state index contributed by atoms with van der Waals surface area (Å²) in [6.45, 7) is 4.68. The van der Waals surface area contributed by atoms with Gasteiger partial charge in [-0.15, -0.1) is 0 Å². The van der Waals surface area contributed by atoms with Crippen molar-refractivity contribution in [3.05, 3.63) is 98.9 Å². The summed E-state index contributed by atoms with van der Waals surface area (Å²) in [4.78, 5) is 0. The van der Waals surface area contributed by atoms with E-state index >= 15 is 0 Å². The van der Waals surface area contributed by atoms with Crippen LogP contribution in [-0.2, 0) is 5.41 Å². The smallest absolute Gasteiger partial charge is 0.0746 e. The molecular weight excluding hydrogens is 498 g/mol. The first-order valence-corrected chi connectivity index (χ1v) is 11.7. The molecule has 0 fully saturated rings. The Balaban J connectivity index is 1.81. The fourth-order valence-electron chi connectivity index (χ4n) is 5.11. The van der Waals surface area contributed by atoms with Crippen molar-refractivity contribution < 1.29 is 0 Å². The molecule has 0 spiro atoms. The summed E-state index contributed by atoms with van der Waals surface area (Å²) in [5.74, 6) is 0. The van der Waals surface area contributed by atoms with E-state index in [9.17, 15) is 0 Å². The molecule has 3 heteroatoms. The highest BCUT2D eigenvalue weighted by atomic mass is 79.9. The van der Waals surface area contributed by atoms with E-state index in [1.54, 1.807) is 0 Å². The molecule has 1 aromatic heterocycles. The van der Waals surface area contributed by atoms with Gasteiger partial charge in [0.05, 0.1) is 16.7 Å². The van der Waals surface area contributed by atoms with Crippen LogP contribution in [0.5, 0.6) is 0 Å². The zero-order chi connectivity index (χ0) is 20.6. The molecule has 6 rings (SSSR count). The highest BCUT2D eigenvalue weighted by Crippen LogP contribution is 2.51. The van der Waals surface area contributed by atoms with E-state index in [-0.39, 0.29) is 5.41 Å². The van der Waals surface area contributed by atoms with E-state index in [2.05, 4.69) is 129 Å². The third-order valence-electron chi connectivity index (χ3n) is 6.54. The van der Waals surface area contributed by atoms with Crippen molar-refractivity contribution in [3.8, 4) is 16.8 Å². The minimum atomic E-state index is -0.0213. The van der Waals surface area contributed by atoms with Crippen molar-refractivity contribution in [1.82, 2.24) is 4.57 Å². The quantitative estimate of drug-likeness (QED) is 0.210. The molecule has 1 aliphatic carbocycles. The molecule has 0 amide bonds. The summed E-state index contributed by atoms with van der Waals surface area (Å²) in [5, 5.41) is 2.57. The highest BCUT2D eigenvalue weighted by Gasteiger charge is 2.36. The van der Waals surface area contributed by atoms with Crippen molar-refractivity contribution in [3.63, 3.8) is 0 Å². The van der Waals surface area contributed by atoms with E-state index in [0.29, 0.717) is 0 Å². The number of hydrogen-bond donors (Lipinski definition) is 0. The SMILES string of the molecule is CC1(C)c2ccccc2-c2cc3c4ccccc4n(-c4c(Br)cccc4Br)c3cc21. The van der Waals surface area contributed by atoms with E-state index in [1.165, 1.54) is 44.1 Å². The number of hydrogen-bond acceptors (Lipinski definition) is 0. The molecule has 0 radical (unpaired) electrons. The maximum Gasteiger partial charge on any atom is 0.0746 e. The number of nitrogens with zero attached hydrogens (tertiary/aromatic N) is 1. The van der Waals surface area contributed by atoms with Crippen LogP contribution in [-0.4, -0.2) is 4.57 Å². The third kappa shape index (κ3) is 2.34. The Morgan fingerprint density at radius 2 is 1.33 bits per heavy atom. The molecule has 0 unspecified atom stereocenters. The van der Waals surface area contributed by atoms with Crippen LogP contribution in [0.15, 0.2) is 87.8 Å². The fraction of sp³-hybridized carbons (Fsp3) is 0.111. The minimum Gasteiger partial charge on any atom is -0.307 e. The first-order valence-electron chi connectivity index (χ1n) is 10.1. The molecule has 0 saturated carbocycles. The van der Waals surface area contributed by atoms with Gasteiger partial charge in [0.1, 0.15) is 0 Å². The van der Waals surface area contributed by atoms with Gasteiger partial charge in [-0.3, -0.25) is 0 Å². The van der Waals surface area contributed by atoms with Gasteiger partial charge in [0, 0.05) is 25.1 Å². The van der Waals surface area contributed by atoms with E-state index in [4.69, 9.17) is 0 Å². The Morgan fingerprint density at radius 3 is 2.13 bits per heavy atom. The maximum atomic E-state index is 3.80. The van der Waals surface area contributed by atoms with Crippen molar-refractivity contribution >= 4 is 53.7 Å². The number of aromatic nitrogens is 1. The molecule has 1 nitrogen and oxygen atoms in total. The molecule has 30 heavy (non-hydrogen) atoms. The van der Waals surface area contributed by atoms with Gasteiger partial charge in [0.2, 0.25) is 0 Å². The average molecular weight is 517 g/mol. The molecule has 0 bridgehead atoms. The Labute approximate surface area is 192 Å². The zero-order valence-electron chi connectivity index (χ0n) is 16.7. The molecule has 4 aromatic carbocycles. The molecular formula is C27H19Br2N. The van der Waals surface area contributed by atoms with Crippen LogP contribution in [0.25, 0.3) is 38.6 Å². The molecule has 146 valence electrons. The molecule has 1 heterocycles. The molecule has 0 saturated heterocycles. The van der Waals surface area contributed by atoms with Crippen LogP contribution in [0, 0.1) is 0 Å². The predicted octanol–water partition coefficient (Wildman–Crippen LogP) is 8.62. The van der Waals surface area contributed by atoms with Gasteiger partial charge in [-0.05, 0) is 84.4 Å². The Hall–Kier alpha value is -2.36. The fourth-order valence-corrected chi connectivity index (χ4v) is 6.46. The molecule has 0 N–H and O–H groups in total. The minimum absolute atomic E-state index is 0.0213.